The Hall–Kier alpha value is -3.39. The molecular formula is C30H34N4O3S. The van der Waals surface area contributed by atoms with Crippen molar-refractivity contribution in [3.05, 3.63) is 64.8 Å². The van der Waals surface area contributed by atoms with Crippen LogP contribution in [0.5, 0.6) is 0 Å². The van der Waals surface area contributed by atoms with Crippen molar-refractivity contribution < 1.29 is 14.3 Å². The zero-order valence-corrected chi connectivity index (χ0v) is 22.9. The molecule has 7 nitrogen and oxygen atoms in total. The molecule has 0 bridgehead atoms. The number of hydrogen-bond acceptors (Lipinski definition) is 5. The lowest BCUT2D eigenvalue weighted by molar-refractivity contribution is -0.128. The van der Waals surface area contributed by atoms with Crippen LogP contribution in [0, 0.1) is 5.92 Å². The number of aromatic amines is 1. The molecule has 0 saturated heterocycles. The summed E-state index contributed by atoms with van der Waals surface area (Å²) in [4.78, 5) is 38.0. The summed E-state index contributed by atoms with van der Waals surface area (Å²) in [7, 11) is 0. The van der Waals surface area contributed by atoms with Crippen LogP contribution < -0.4 is 5.73 Å². The first-order valence-electron chi connectivity index (χ1n) is 13.5. The molecule has 0 unspecified atom stereocenters. The van der Waals surface area contributed by atoms with Crippen LogP contribution in [0.3, 0.4) is 0 Å². The van der Waals surface area contributed by atoms with Crippen LogP contribution in [0.25, 0.3) is 21.1 Å². The van der Waals surface area contributed by atoms with Gasteiger partial charge in [-0.3, -0.25) is 9.69 Å². The number of benzene rings is 2. The number of nitrogens with two attached hydrogens (primary N) is 1. The highest BCUT2D eigenvalue weighted by atomic mass is 32.1. The Morgan fingerprint density at radius 3 is 2.50 bits per heavy atom. The monoisotopic (exact) mass is 530 g/mol. The molecular weight excluding hydrogens is 496 g/mol. The summed E-state index contributed by atoms with van der Waals surface area (Å²) < 4.78 is 7.07. The quantitative estimate of drug-likeness (QED) is 0.327. The molecule has 3 N–H and O–H groups in total. The number of nitrogens with one attached hydrogen (secondary N) is 1. The second kappa shape index (κ2) is 9.12. The number of fused-ring (bicyclic) bond motifs is 4. The summed E-state index contributed by atoms with van der Waals surface area (Å²) in [5, 5.41) is 1.86. The summed E-state index contributed by atoms with van der Waals surface area (Å²) in [5.74, 6) is -0.494. The van der Waals surface area contributed by atoms with Gasteiger partial charge in [-0.25, -0.2) is 9.78 Å². The third kappa shape index (κ3) is 3.88. The predicted molar refractivity (Wildman–Crippen MR) is 150 cm³/mol. The van der Waals surface area contributed by atoms with Gasteiger partial charge in [-0.05, 0) is 63.3 Å². The van der Waals surface area contributed by atoms with E-state index in [2.05, 4.69) is 23.2 Å². The highest BCUT2D eigenvalue weighted by Gasteiger charge is 2.60. The number of para-hydroxylation sites is 2. The Bertz CT molecular complexity index is 1490. The van der Waals surface area contributed by atoms with Gasteiger partial charge in [-0.1, -0.05) is 49.6 Å². The van der Waals surface area contributed by atoms with Crippen LogP contribution in [-0.2, 0) is 21.5 Å². The molecule has 3 heterocycles. The minimum absolute atomic E-state index is 0.0401. The third-order valence-electron chi connectivity index (χ3n) is 8.02. The van der Waals surface area contributed by atoms with Crippen molar-refractivity contribution in [3.8, 4) is 0 Å². The predicted octanol–water partition coefficient (Wildman–Crippen LogP) is 6.25. The number of amides is 2. The zero-order valence-electron chi connectivity index (χ0n) is 22.1. The van der Waals surface area contributed by atoms with Gasteiger partial charge >= 0.3 is 6.09 Å². The SMILES string of the molecule is CC(C)(C)OC(=O)N1[C@@H](C(N)=O)Cc2c([nH]c3ccccc23)[C@]1(c1nc2ccccc2s1)C1CCCCC1. The van der Waals surface area contributed by atoms with E-state index in [4.69, 9.17) is 15.5 Å². The molecule has 38 heavy (non-hydrogen) atoms. The molecule has 6 rings (SSSR count). The Kier molecular flexibility index (Phi) is 5.98. The fraction of sp³-hybridized carbons (Fsp3) is 0.433. The van der Waals surface area contributed by atoms with Crippen molar-refractivity contribution in [1.82, 2.24) is 14.9 Å². The largest absolute Gasteiger partial charge is 0.444 e. The van der Waals surface area contributed by atoms with Crippen molar-refractivity contribution in [1.29, 1.82) is 0 Å². The maximum Gasteiger partial charge on any atom is 0.412 e. The number of carbonyl (C=O) groups excluding carboxylic acids is 2. The number of H-pyrrole nitrogens is 1. The van der Waals surface area contributed by atoms with Gasteiger partial charge in [0.15, 0.2) is 0 Å². The maximum atomic E-state index is 14.3. The summed E-state index contributed by atoms with van der Waals surface area (Å²) in [6.45, 7) is 5.55. The van der Waals surface area contributed by atoms with E-state index >= 15 is 0 Å². The lowest BCUT2D eigenvalue weighted by atomic mass is 9.68. The second-order valence-corrected chi connectivity index (χ2v) is 12.6. The highest BCUT2D eigenvalue weighted by Crippen LogP contribution is 2.55. The van der Waals surface area contributed by atoms with Gasteiger partial charge in [0.1, 0.15) is 22.2 Å². The third-order valence-corrected chi connectivity index (χ3v) is 9.18. The van der Waals surface area contributed by atoms with E-state index in [-0.39, 0.29) is 5.92 Å². The van der Waals surface area contributed by atoms with Gasteiger partial charge in [-0.2, -0.15) is 0 Å². The van der Waals surface area contributed by atoms with Crippen molar-refractivity contribution in [2.75, 3.05) is 0 Å². The molecule has 0 spiro atoms. The van der Waals surface area contributed by atoms with Crippen LogP contribution >= 0.6 is 11.3 Å². The molecule has 2 amide bonds. The number of rotatable bonds is 3. The molecule has 8 heteroatoms. The van der Waals surface area contributed by atoms with Gasteiger partial charge in [0, 0.05) is 17.3 Å². The van der Waals surface area contributed by atoms with Gasteiger partial charge in [0.25, 0.3) is 0 Å². The molecule has 1 fully saturated rings. The van der Waals surface area contributed by atoms with Crippen LogP contribution in [0.15, 0.2) is 48.5 Å². The van der Waals surface area contributed by atoms with Gasteiger partial charge in [0.2, 0.25) is 5.91 Å². The normalized spacial score (nSPS) is 22.5. The number of primary amides is 1. The van der Waals surface area contributed by atoms with Crippen molar-refractivity contribution in [3.63, 3.8) is 0 Å². The van der Waals surface area contributed by atoms with Crippen molar-refractivity contribution in [2.24, 2.45) is 11.7 Å². The van der Waals surface area contributed by atoms with Gasteiger partial charge in [-0.15, -0.1) is 11.3 Å². The minimum atomic E-state index is -1.02. The number of carbonyl (C=O) groups is 2. The summed E-state index contributed by atoms with van der Waals surface area (Å²) in [6, 6.07) is 15.3. The second-order valence-electron chi connectivity index (χ2n) is 11.6. The van der Waals surface area contributed by atoms with Crippen LogP contribution in [0.2, 0.25) is 0 Å². The number of hydrogen-bond donors (Lipinski definition) is 2. The fourth-order valence-electron chi connectivity index (χ4n) is 6.54. The number of aromatic nitrogens is 2. The van der Waals surface area contributed by atoms with Crippen molar-refractivity contribution >= 4 is 44.5 Å². The smallest absolute Gasteiger partial charge is 0.412 e. The molecule has 2 aromatic carbocycles. The van der Waals surface area contributed by atoms with Crippen LogP contribution in [0.4, 0.5) is 4.79 Å². The molecule has 2 atom stereocenters. The number of thiazole rings is 1. The Labute approximate surface area is 226 Å². The lowest BCUT2D eigenvalue weighted by Crippen LogP contribution is -2.65. The minimum Gasteiger partial charge on any atom is -0.444 e. The standard InChI is InChI=1S/C30H34N4O3S/c1-29(2,3)37-28(36)34-23(26(31)35)17-20-19-13-7-8-14-21(19)32-25(20)30(34,18-11-5-4-6-12-18)27-33-22-15-9-10-16-24(22)38-27/h7-10,13-16,18,23,32H,4-6,11-12,17H2,1-3H3,(H2,31,35)/t23-,30+/m1/s1. The molecule has 1 aliphatic carbocycles. The molecule has 0 radical (unpaired) electrons. The Morgan fingerprint density at radius 2 is 1.79 bits per heavy atom. The average Bonchev–Trinajstić information content (AvgIpc) is 3.49. The van der Waals surface area contributed by atoms with E-state index in [1.807, 2.05) is 51.1 Å². The highest BCUT2D eigenvalue weighted by molar-refractivity contribution is 7.18. The molecule has 198 valence electrons. The molecule has 1 aliphatic heterocycles. The van der Waals surface area contributed by atoms with E-state index < -0.39 is 29.2 Å². The first kappa shape index (κ1) is 24.9. The number of ether oxygens (including phenoxy) is 1. The van der Waals surface area contributed by atoms with Crippen LogP contribution in [-0.4, -0.2) is 38.5 Å². The molecule has 2 aliphatic rings. The van der Waals surface area contributed by atoms with E-state index in [1.165, 1.54) is 0 Å². The lowest BCUT2D eigenvalue weighted by Gasteiger charge is -2.53. The van der Waals surface area contributed by atoms with Gasteiger partial charge in [0.05, 0.1) is 15.9 Å². The van der Waals surface area contributed by atoms with Gasteiger partial charge < -0.3 is 15.5 Å². The van der Waals surface area contributed by atoms with E-state index in [1.54, 1.807) is 16.2 Å². The maximum absolute atomic E-state index is 14.3. The first-order chi connectivity index (χ1) is 18.2. The zero-order chi connectivity index (χ0) is 26.7. The summed E-state index contributed by atoms with van der Waals surface area (Å²) in [5.41, 5.74) is 8.19. The van der Waals surface area contributed by atoms with E-state index in [9.17, 15) is 9.59 Å². The molecule has 2 aromatic heterocycles. The molecule has 1 saturated carbocycles. The first-order valence-corrected chi connectivity index (χ1v) is 14.3. The number of nitrogens with zero attached hydrogens (tertiary/aromatic N) is 2. The topological polar surface area (TPSA) is 101 Å². The van der Waals surface area contributed by atoms with E-state index in [0.29, 0.717) is 6.42 Å². The Balaban J connectivity index is 1.72. The van der Waals surface area contributed by atoms with Crippen LogP contribution in [0.1, 0.15) is 69.1 Å². The average molecular weight is 531 g/mol. The Morgan fingerprint density at radius 1 is 1.08 bits per heavy atom. The fourth-order valence-corrected chi connectivity index (χ4v) is 7.78. The summed E-state index contributed by atoms with van der Waals surface area (Å²) >= 11 is 1.59. The summed E-state index contributed by atoms with van der Waals surface area (Å²) in [6.07, 6.45) is 4.87. The molecule has 4 aromatic rings. The van der Waals surface area contributed by atoms with E-state index in [0.717, 1.165) is 69.5 Å². The van der Waals surface area contributed by atoms with Crippen molar-refractivity contribution in [2.45, 2.75) is 76.5 Å².